The molecule has 11 nitrogen and oxygen atoms in total. The minimum absolute atomic E-state index is 0.00239. The van der Waals surface area contributed by atoms with E-state index in [0.717, 1.165) is 76.3 Å². The third kappa shape index (κ3) is 6.36. The van der Waals surface area contributed by atoms with Gasteiger partial charge in [0.1, 0.15) is 11.6 Å². The topological polar surface area (TPSA) is 123 Å². The molecule has 258 valence electrons. The minimum Gasteiger partial charge on any atom is -0.493 e. The van der Waals surface area contributed by atoms with Crippen molar-refractivity contribution in [2.45, 2.75) is 49.6 Å². The third-order valence-corrected chi connectivity index (χ3v) is 11.3. The highest BCUT2D eigenvalue weighted by atomic mass is 32.2. The van der Waals surface area contributed by atoms with Crippen LogP contribution in [0.3, 0.4) is 0 Å². The Morgan fingerprint density at radius 3 is 2.31 bits per heavy atom. The lowest BCUT2D eigenvalue weighted by atomic mass is 9.85. The number of anilines is 1. The number of halogens is 1. The monoisotopic (exact) mass is 689 g/mol. The lowest BCUT2D eigenvalue weighted by Gasteiger charge is -2.43. The number of likely N-dealkylation sites (tertiary alicyclic amines) is 1. The zero-order valence-corrected chi connectivity index (χ0v) is 28.5. The Morgan fingerprint density at radius 1 is 0.959 bits per heavy atom. The first-order valence-corrected chi connectivity index (χ1v) is 18.1. The number of nitrogens with zero attached hydrogens (tertiary/aromatic N) is 5. The Kier molecular flexibility index (Phi) is 9.92. The van der Waals surface area contributed by atoms with Gasteiger partial charge in [0.05, 0.1) is 34.4 Å². The Balaban J connectivity index is 1.38. The number of hydrogen-bond donors (Lipinski definition) is 0. The summed E-state index contributed by atoms with van der Waals surface area (Å²) in [7, 11) is -4.65. The molecule has 3 aliphatic rings. The SMILES string of the molecule is CCCN1CCN(C2CCN(C(=O)OC3(c4ccccc4OCC)C(=O)N(S(=O)(=O)c4ccc(F)cc4)c4ccc(C#N)cc43)CC2)CC1. The lowest BCUT2D eigenvalue weighted by molar-refractivity contribution is -0.132. The molecule has 2 fully saturated rings. The van der Waals surface area contributed by atoms with Crippen molar-refractivity contribution in [1.82, 2.24) is 14.7 Å². The van der Waals surface area contributed by atoms with Crippen LogP contribution in [-0.4, -0.2) is 93.6 Å². The van der Waals surface area contributed by atoms with Crippen LogP contribution in [0.15, 0.2) is 71.6 Å². The van der Waals surface area contributed by atoms with Crippen LogP contribution in [0.5, 0.6) is 5.75 Å². The standard InChI is InChI=1S/C36H40FN5O6S/c1-3-17-39-20-22-40(23-21-39)28-15-18-41(19-16-28)35(44)48-36(30-7-5-6-8-33(30)47-4-2)31-24-26(25-38)9-14-32(31)42(34(36)43)49(45,46)29-12-10-27(37)11-13-29/h5-14,24,28H,3-4,15-23H2,1-2H3. The van der Waals surface area contributed by atoms with Crippen LogP contribution in [0.1, 0.15) is 49.8 Å². The van der Waals surface area contributed by atoms with Gasteiger partial charge in [-0.15, -0.1) is 0 Å². The highest BCUT2D eigenvalue weighted by molar-refractivity contribution is 7.93. The number of nitriles is 1. The van der Waals surface area contributed by atoms with Gasteiger partial charge in [0, 0.05) is 50.9 Å². The van der Waals surface area contributed by atoms with E-state index in [-0.39, 0.29) is 39.6 Å². The molecule has 0 N–H and O–H groups in total. The molecular weight excluding hydrogens is 649 g/mol. The Hall–Kier alpha value is -4.51. The van der Waals surface area contributed by atoms with E-state index in [2.05, 4.69) is 16.7 Å². The van der Waals surface area contributed by atoms with Crippen molar-refractivity contribution in [3.8, 4) is 11.8 Å². The van der Waals surface area contributed by atoms with E-state index >= 15 is 0 Å². The van der Waals surface area contributed by atoms with Gasteiger partial charge in [-0.3, -0.25) is 9.69 Å². The molecule has 0 bridgehead atoms. The number of piperazine rings is 1. The van der Waals surface area contributed by atoms with Gasteiger partial charge < -0.3 is 19.3 Å². The van der Waals surface area contributed by atoms with Crippen molar-refractivity contribution in [3.63, 3.8) is 0 Å². The third-order valence-electron chi connectivity index (χ3n) is 9.55. The molecule has 3 aromatic carbocycles. The van der Waals surface area contributed by atoms with Crippen LogP contribution in [0.25, 0.3) is 0 Å². The molecule has 0 radical (unpaired) electrons. The number of fused-ring (bicyclic) bond motifs is 1. The fourth-order valence-corrected chi connectivity index (χ4v) is 8.57. The number of carbonyl (C=O) groups is 2. The van der Waals surface area contributed by atoms with Crippen LogP contribution in [-0.2, 0) is 25.2 Å². The van der Waals surface area contributed by atoms with E-state index in [4.69, 9.17) is 9.47 Å². The number of sulfonamides is 1. The maximum Gasteiger partial charge on any atom is 0.411 e. The molecule has 0 spiro atoms. The van der Waals surface area contributed by atoms with Crippen LogP contribution in [0.2, 0.25) is 0 Å². The molecule has 1 unspecified atom stereocenters. The summed E-state index contributed by atoms with van der Waals surface area (Å²) in [5.41, 5.74) is -2.18. The summed E-state index contributed by atoms with van der Waals surface area (Å²) in [6, 6.07) is 17.0. The van der Waals surface area contributed by atoms with E-state index in [1.165, 1.54) is 18.2 Å². The summed E-state index contributed by atoms with van der Waals surface area (Å²) < 4.78 is 54.9. The van der Waals surface area contributed by atoms with Crippen molar-refractivity contribution >= 4 is 27.7 Å². The second kappa shape index (κ2) is 14.2. The molecule has 0 saturated carbocycles. The first-order valence-electron chi connectivity index (χ1n) is 16.7. The van der Waals surface area contributed by atoms with Crippen molar-refractivity contribution in [2.24, 2.45) is 0 Å². The normalized spacial score (nSPS) is 20.6. The molecular formula is C36H40FN5O6S. The Labute approximate surface area is 286 Å². The predicted molar refractivity (Wildman–Crippen MR) is 180 cm³/mol. The molecule has 2 saturated heterocycles. The molecule has 2 amide bonds. The number of ether oxygens (including phenoxy) is 2. The van der Waals surface area contributed by atoms with E-state index in [1.54, 1.807) is 36.1 Å². The van der Waals surface area contributed by atoms with Gasteiger partial charge in [-0.2, -0.15) is 9.57 Å². The van der Waals surface area contributed by atoms with Gasteiger partial charge in [-0.1, -0.05) is 25.1 Å². The van der Waals surface area contributed by atoms with E-state index in [0.29, 0.717) is 23.4 Å². The maximum atomic E-state index is 14.9. The fourth-order valence-electron chi connectivity index (χ4n) is 7.11. The number of hydrogen-bond acceptors (Lipinski definition) is 9. The summed E-state index contributed by atoms with van der Waals surface area (Å²) in [4.78, 5) is 35.3. The largest absolute Gasteiger partial charge is 0.493 e. The van der Waals surface area contributed by atoms with Gasteiger partial charge in [-0.05, 0) is 81.3 Å². The average Bonchev–Trinajstić information content (AvgIpc) is 3.36. The summed E-state index contributed by atoms with van der Waals surface area (Å²) in [5.74, 6) is -1.52. The average molecular weight is 690 g/mol. The molecule has 0 aromatic heterocycles. The molecule has 3 aromatic rings. The smallest absolute Gasteiger partial charge is 0.411 e. The predicted octanol–water partition coefficient (Wildman–Crippen LogP) is 4.70. The van der Waals surface area contributed by atoms with Gasteiger partial charge >= 0.3 is 6.09 Å². The van der Waals surface area contributed by atoms with E-state index in [1.807, 2.05) is 6.07 Å². The van der Waals surface area contributed by atoms with Crippen molar-refractivity contribution < 1.29 is 31.9 Å². The van der Waals surface area contributed by atoms with Crippen LogP contribution in [0, 0.1) is 17.1 Å². The van der Waals surface area contributed by atoms with Crippen LogP contribution in [0.4, 0.5) is 14.9 Å². The molecule has 13 heteroatoms. The summed E-state index contributed by atoms with van der Waals surface area (Å²) >= 11 is 0. The highest BCUT2D eigenvalue weighted by Gasteiger charge is 2.61. The Morgan fingerprint density at radius 2 is 1.65 bits per heavy atom. The number of amides is 2. The van der Waals surface area contributed by atoms with Gasteiger partial charge in [0.2, 0.25) is 5.60 Å². The number of piperidine rings is 1. The molecule has 3 aliphatic heterocycles. The molecule has 3 heterocycles. The van der Waals surface area contributed by atoms with E-state index < -0.39 is 33.4 Å². The number of rotatable bonds is 9. The van der Waals surface area contributed by atoms with Gasteiger partial charge in [0.15, 0.2) is 0 Å². The van der Waals surface area contributed by atoms with Gasteiger partial charge in [-0.25, -0.2) is 17.6 Å². The first kappa shape index (κ1) is 34.4. The molecule has 1 atom stereocenters. The maximum absolute atomic E-state index is 14.9. The number of para-hydroxylation sites is 1. The molecule has 49 heavy (non-hydrogen) atoms. The van der Waals surface area contributed by atoms with E-state index in [9.17, 15) is 27.7 Å². The second-order valence-electron chi connectivity index (χ2n) is 12.4. The van der Waals surface area contributed by atoms with Crippen molar-refractivity contribution in [1.29, 1.82) is 5.26 Å². The summed E-state index contributed by atoms with van der Waals surface area (Å²) in [5, 5.41) is 9.85. The lowest BCUT2D eigenvalue weighted by Crippen LogP contribution is -2.54. The first-order chi connectivity index (χ1) is 23.6. The van der Waals surface area contributed by atoms with Crippen LogP contribution < -0.4 is 9.04 Å². The summed E-state index contributed by atoms with van der Waals surface area (Å²) in [6.07, 6.45) is 1.77. The molecule has 0 aliphatic carbocycles. The minimum atomic E-state index is -4.65. The quantitative estimate of drug-likeness (QED) is 0.315. The van der Waals surface area contributed by atoms with Crippen LogP contribution >= 0.6 is 0 Å². The van der Waals surface area contributed by atoms with Crippen molar-refractivity contribution in [3.05, 3.63) is 89.2 Å². The zero-order valence-electron chi connectivity index (χ0n) is 27.7. The van der Waals surface area contributed by atoms with Crippen molar-refractivity contribution in [2.75, 3.05) is 56.7 Å². The summed E-state index contributed by atoms with van der Waals surface area (Å²) in [6.45, 7) is 9.98. The second-order valence-corrected chi connectivity index (χ2v) is 14.2. The van der Waals surface area contributed by atoms with Gasteiger partial charge in [0.25, 0.3) is 15.9 Å². The highest BCUT2D eigenvalue weighted by Crippen LogP contribution is 2.52. The number of carbonyl (C=O) groups excluding carboxylic acids is 2. The zero-order chi connectivity index (χ0) is 34.8. The molecule has 6 rings (SSSR count). The number of benzene rings is 3. The Bertz CT molecular complexity index is 1850. The fraction of sp³-hybridized carbons (Fsp3) is 0.417.